The molecule has 0 bridgehead atoms. The van der Waals surface area contributed by atoms with Gasteiger partial charge in [0.15, 0.2) is 0 Å². The molecule has 4 heteroatoms. The van der Waals surface area contributed by atoms with Gasteiger partial charge in [0, 0.05) is 50.3 Å². The van der Waals surface area contributed by atoms with E-state index in [2.05, 4.69) is 251 Å². The average Bonchev–Trinajstić information content (AvgIpc) is 3.74. The molecule has 0 aliphatic carbocycles. The van der Waals surface area contributed by atoms with Gasteiger partial charge in [0.05, 0.1) is 28.4 Å². The number of para-hydroxylation sites is 2. The third-order valence-corrected chi connectivity index (χ3v) is 13.0. The van der Waals surface area contributed by atoms with E-state index in [0.29, 0.717) is 5.56 Å². The molecule has 12 rings (SSSR count). The summed E-state index contributed by atoms with van der Waals surface area (Å²) in [6, 6.07) is 93.0. The molecule has 0 aliphatic heterocycles. The lowest BCUT2D eigenvalue weighted by molar-refractivity contribution is 1.18. The molecule has 0 saturated heterocycles. The highest BCUT2D eigenvalue weighted by atomic mass is 15.1. The fourth-order valence-electron chi connectivity index (χ4n) is 9.78. The molecule has 0 fully saturated rings. The highest BCUT2D eigenvalue weighted by molar-refractivity contribution is 6.12. The number of aromatic nitrogens is 1. The monoisotopic (exact) mass is 854 g/mol. The number of fused-ring (bicyclic) bond motifs is 5. The number of hydrogen-bond acceptors (Lipinski definition) is 3. The summed E-state index contributed by atoms with van der Waals surface area (Å²) in [7, 11) is 0. The van der Waals surface area contributed by atoms with Crippen molar-refractivity contribution in [1.82, 2.24) is 4.57 Å². The number of hydrogen-bond donors (Lipinski definition) is 0. The first-order chi connectivity index (χ1) is 33.2. The van der Waals surface area contributed by atoms with E-state index in [1.165, 1.54) is 32.7 Å². The summed E-state index contributed by atoms with van der Waals surface area (Å²) < 4.78 is 2.35. The molecular weight excluding hydrogens is 813 g/mol. The second-order valence-electron chi connectivity index (χ2n) is 16.9. The fraction of sp³-hybridized carbons (Fsp3) is 0. The standard InChI is InChI=1S/C63H42N4/c64-43-44-23-30-53(31-24-44)66(55-37-39-63-60(42-55)59-21-11-12-22-61(59)67(63)50-17-5-2-6-18-50)62-40-38-56(57-19-9-10-20-58(57)62)48-28-34-52(35-29-48)65(54-36-27-46-15-7-8-16-49(46)41-54)51-32-25-47(26-33-51)45-13-3-1-4-14-45/h1-42H. The highest BCUT2D eigenvalue weighted by Gasteiger charge is 2.21. The summed E-state index contributed by atoms with van der Waals surface area (Å²) in [4.78, 5) is 4.67. The zero-order valence-electron chi connectivity index (χ0n) is 36.5. The number of benzene rings is 11. The lowest BCUT2D eigenvalue weighted by Crippen LogP contribution is -2.11. The Bertz CT molecular complexity index is 3790. The molecular formula is C63H42N4. The first-order valence-corrected chi connectivity index (χ1v) is 22.6. The van der Waals surface area contributed by atoms with E-state index >= 15 is 0 Å². The van der Waals surface area contributed by atoms with E-state index in [9.17, 15) is 5.26 Å². The highest BCUT2D eigenvalue weighted by Crippen LogP contribution is 2.45. The van der Waals surface area contributed by atoms with Crippen molar-refractivity contribution in [3.63, 3.8) is 0 Å². The van der Waals surface area contributed by atoms with Gasteiger partial charge in [-0.15, -0.1) is 0 Å². The van der Waals surface area contributed by atoms with Crippen molar-refractivity contribution in [3.8, 4) is 34.0 Å². The molecule has 12 aromatic rings. The van der Waals surface area contributed by atoms with Crippen LogP contribution in [0.25, 0.3) is 71.3 Å². The molecule has 1 heterocycles. The molecule has 67 heavy (non-hydrogen) atoms. The molecule has 11 aromatic carbocycles. The van der Waals surface area contributed by atoms with Crippen molar-refractivity contribution in [3.05, 3.63) is 260 Å². The van der Waals surface area contributed by atoms with Crippen LogP contribution in [0.3, 0.4) is 0 Å². The average molecular weight is 855 g/mol. The van der Waals surface area contributed by atoms with Crippen LogP contribution in [0, 0.1) is 11.3 Å². The summed E-state index contributed by atoms with van der Waals surface area (Å²) in [5.74, 6) is 0. The fourth-order valence-corrected chi connectivity index (χ4v) is 9.78. The summed E-state index contributed by atoms with van der Waals surface area (Å²) in [6.45, 7) is 0. The van der Waals surface area contributed by atoms with Gasteiger partial charge in [-0.2, -0.15) is 5.26 Å². The maximum atomic E-state index is 9.78. The van der Waals surface area contributed by atoms with Crippen LogP contribution in [0.4, 0.5) is 34.1 Å². The van der Waals surface area contributed by atoms with Crippen LogP contribution in [-0.4, -0.2) is 4.57 Å². The Morgan fingerprint density at radius 1 is 0.328 bits per heavy atom. The smallest absolute Gasteiger partial charge is 0.0991 e. The van der Waals surface area contributed by atoms with E-state index in [4.69, 9.17) is 0 Å². The lowest BCUT2D eigenvalue weighted by atomic mass is 9.96. The van der Waals surface area contributed by atoms with Gasteiger partial charge in [-0.3, -0.25) is 0 Å². The Labute approximate surface area is 389 Å². The normalized spacial score (nSPS) is 11.3. The van der Waals surface area contributed by atoms with Crippen LogP contribution >= 0.6 is 0 Å². The Balaban J connectivity index is 0.967. The first-order valence-electron chi connectivity index (χ1n) is 22.6. The largest absolute Gasteiger partial charge is 0.310 e. The third kappa shape index (κ3) is 7.13. The Kier molecular flexibility index (Phi) is 9.86. The molecule has 0 spiro atoms. The van der Waals surface area contributed by atoms with Crippen LogP contribution in [0.2, 0.25) is 0 Å². The topological polar surface area (TPSA) is 35.2 Å². The Morgan fingerprint density at radius 3 is 1.58 bits per heavy atom. The third-order valence-electron chi connectivity index (χ3n) is 13.0. The number of rotatable bonds is 9. The molecule has 1 aromatic heterocycles. The SMILES string of the molecule is N#Cc1ccc(N(c2ccc3c(c2)c2ccccc2n3-c2ccccc2)c2ccc(-c3ccc(N(c4ccc(-c5ccccc5)cc4)c4ccc5ccccc5c4)cc3)c3ccccc23)cc1. The molecule has 4 nitrogen and oxygen atoms in total. The minimum absolute atomic E-state index is 0.622. The van der Waals surface area contributed by atoms with Gasteiger partial charge in [-0.05, 0) is 142 Å². The second kappa shape index (κ2) is 16.8. The van der Waals surface area contributed by atoms with Crippen LogP contribution in [-0.2, 0) is 0 Å². The summed E-state index contributed by atoms with van der Waals surface area (Å²) >= 11 is 0. The summed E-state index contributed by atoms with van der Waals surface area (Å²) in [5, 5.41) is 16.8. The predicted molar refractivity (Wildman–Crippen MR) is 281 cm³/mol. The minimum Gasteiger partial charge on any atom is -0.310 e. The molecule has 0 aliphatic rings. The molecule has 0 atom stereocenters. The van der Waals surface area contributed by atoms with E-state index < -0.39 is 0 Å². The van der Waals surface area contributed by atoms with Gasteiger partial charge >= 0.3 is 0 Å². The molecule has 0 N–H and O–H groups in total. The number of nitriles is 1. The molecule has 314 valence electrons. The van der Waals surface area contributed by atoms with Crippen molar-refractivity contribution in [2.75, 3.05) is 9.80 Å². The van der Waals surface area contributed by atoms with E-state index in [1.807, 2.05) is 24.3 Å². The Morgan fingerprint density at radius 2 is 0.851 bits per heavy atom. The maximum Gasteiger partial charge on any atom is 0.0991 e. The lowest BCUT2D eigenvalue weighted by Gasteiger charge is -2.28. The summed E-state index contributed by atoms with van der Waals surface area (Å²) in [6.07, 6.45) is 0. The van der Waals surface area contributed by atoms with Crippen LogP contribution in [0.1, 0.15) is 5.56 Å². The van der Waals surface area contributed by atoms with Gasteiger partial charge in [-0.1, -0.05) is 152 Å². The predicted octanol–water partition coefficient (Wildman–Crippen LogP) is 17.2. The zero-order chi connectivity index (χ0) is 44.7. The van der Waals surface area contributed by atoms with Gasteiger partial charge in [-0.25, -0.2) is 0 Å². The van der Waals surface area contributed by atoms with Crippen molar-refractivity contribution < 1.29 is 0 Å². The van der Waals surface area contributed by atoms with Crippen molar-refractivity contribution in [2.45, 2.75) is 0 Å². The van der Waals surface area contributed by atoms with Crippen LogP contribution in [0.15, 0.2) is 255 Å². The van der Waals surface area contributed by atoms with Crippen molar-refractivity contribution in [1.29, 1.82) is 5.26 Å². The van der Waals surface area contributed by atoms with Gasteiger partial charge in [0.2, 0.25) is 0 Å². The van der Waals surface area contributed by atoms with Gasteiger partial charge < -0.3 is 14.4 Å². The Hall–Kier alpha value is -9.17. The van der Waals surface area contributed by atoms with Crippen molar-refractivity contribution >= 4 is 77.5 Å². The zero-order valence-corrected chi connectivity index (χ0v) is 36.5. The van der Waals surface area contributed by atoms with Crippen LogP contribution < -0.4 is 9.80 Å². The van der Waals surface area contributed by atoms with E-state index in [1.54, 1.807) is 0 Å². The molecule has 0 amide bonds. The van der Waals surface area contributed by atoms with Gasteiger partial charge in [0.25, 0.3) is 0 Å². The minimum atomic E-state index is 0.622. The first kappa shape index (κ1) is 39.4. The number of anilines is 6. The summed E-state index contributed by atoms with van der Waals surface area (Å²) in [5.41, 5.74) is 15.0. The second-order valence-corrected chi connectivity index (χ2v) is 16.9. The van der Waals surface area contributed by atoms with Gasteiger partial charge in [0.1, 0.15) is 0 Å². The quantitative estimate of drug-likeness (QED) is 0.145. The number of nitrogens with zero attached hydrogens (tertiary/aromatic N) is 4. The van der Waals surface area contributed by atoms with E-state index in [0.717, 1.165) is 72.7 Å². The van der Waals surface area contributed by atoms with Crippen molar-refractivity contribution in [2.24, 2.45) is 0 Å². The molecule has 0 radical (unpaired) electrons. The van der Waals surface area contributed by atoms with Crippen LogP contribution in [0.5, 0.6) is 0 Å². The molecule has 0 saturated carbocycles. The van der Waals surface area contributed by atoms with E-state index in [-0.39, 0.29) is 0 Å². The maximum absolute atomic E-state index is 9.78. The molecule has 0 unspecified atom stereocenters.